The van der Waals surface area contributed by atoms with Gasteiger partial charge < -0.3 is 14.8 Å². The Balaban J connectivity index is 1.87. The second-order valence-corrected chi connectivity index (χ2v) is 7.30. The zero-order valence-corrected chi connectivity index (χ0v) is 17.1. The normalized spacial score (nSPS) is 10.6. The summed E-state index contributed by atoms with van der Waals surface area (Å²) >= 11 is 1.11. The van der Waals surface area contributed by atoms with Crippen molar-refractivity contribution in [2.75, 3.05) is 11.9 Å². The molecular weight excluding hydrogens is 392 g/mol. The van der Waals surface area contributed by atoms with Crippen molar-refractivity contribution in [2.24, 2.45) is 0 Å². The number of benzene rings is 1. The van der Waals surface area contributed by atoms with Crippen LogP contribution < -0.4 is 5.32 Å². The van der Waals surface area contributed by atoms with Gasteiger partial charge in [-0.2, -0.15) is 0 Å². The van der Waals surface area contributed by atoms with Gasteiger partial charge >= 0.3 is 11.9 Å². The number of carbonyl (C=O) groups excluding carboxylic acids is 3. The van der Waals surface area contributed by atoms with Gasteiger partial charge in [-0.3, -0.25) is 4.79 Å². The van der Waals surface area contributed by atoms with E-state index >= 15 is 0 Å². The van der Waals surface area contributed by atoms with Gasteiger partial charge in [0.05, 0.1) is 28.4 Å². The number of ether oxygens (including phenoxy) is 2. The van der Waals surface area contributed by atoms with Crippen LogP contribution in [-0.4, -0.2) is 29.4 Å². The maximum absolute atomic E-state index is 12.5. The van der Waals surface area contributed by atoms with Crippen LogP contribution in [0.5, 0.6) is 0 Å². The number of carbonyl (C=O) groups is 3. The number of thiophene rings is 1. The summed E-state index contributed by atoms with van der Waals surface area (Å²) in [5.41, 5.74) is 2.08. The monoisotopic (exact) mass is 412 g/mol. The number of para-hydroxylation sites is 1. The molecule has 0 saturated heterocycles. The average Bonchev–Trinajstić information content (AvgIpc) is 3.14. The van der Waals surface area contributed by atoms with Crippen LogP contribution in [0.2, 0.25) is 0 Å². The molecule has 1 N–H and O–H groups in total. The van der Waals surface area contributed by atoms with Crippen molar-refractivity contribution in [1.29, 1.82) is 0 Å². The van der Waals surface area contributed by atoms with Gasteiger partial charge in [0.1, 0.15) is 11.5 Å². The molecule has 0 aliphatic rings. The third-order valence-electron chi connectivity index (χ3n) is 4.15. The Bertz CT molecular complexity index is 1090. The van der Waals surface area contributed by atoms with Crippen LogP contribution >= 0.6 is 11.3 Å². The molecule has 0 aliphatic heterocycles. The van der Waals surface area contributed by atoms with Crippen LogP contribution in [0.3, 0.4) is 0 Å². The van der Waals surface area contributed by atoms with Crippen LogP contribution in [0, 0.1) is 6.92 Å². The summed E-state index contributed by atoms with van der Waals surface area (Å²) in [6, 6.07) is 10.6. The number of fused-ring (bicyclic) bond motifs is 1. The Morgan fingerprint density at radius 3 is 2.55 bits per heavy atom. The lowest BCUT2D eigenvalue weighted by molar-refractivity contribution is -0.114. The first-order valence-electron chi connectivity index (χ1n) is 9.00. The third kappa shape index (κ3) is 4.60. The van der Waals surface area contributed by atoms with Crippen LogP contribution in [0.4, 0.5) is 5.00 Å². The molecule has 29 heavy (non-hydrogen) atoms. The van der Waals surface area contributed by atoms with E-state index in [9.17, 15) is 14.4 Å². The summed E-state index contributed by atoms with van der Waals surface area (Å²) in [5.74, 6) is -1.28. The number of esters is 2. The topological polar surface area (TPSA) is 94.6 Å². The number of nitrogens with zero attached hydrogens (tertiary/aromatic N) is 1. The molecule has 1 aromatic carbocycles. The Labute approximate surface area is 171 Å². The molecular formula is C21H20N2O5S. The molecule has 150 valence electrons. The number of anilines is 1. The Morgan fingerprint density at radius 1 is 1.07 bits per heavy atom. The zero-order valence-electron chi connectivity index (χ0n) is 16.3. The summed E-state index contributed by atoms with van der Waals surface area (Å²) < 4.78 is 10.6. The third-order valence-corrected chi connectivity index (χ3v) is 5.13. The molecule has 0 bridgehead atoms. The fourth-order valence-electron chi connectivity index (χ4n) is 2.91. The lowest BCUT2D eigenvalue weighted by Crippen LogP contribution is -2.14. The van der Waals surface area contributed by atoms with Gasteiger partial charge in [-0.05, 0) is 37.6 Å². The molecule has 2 aromatic heterocycles. The number of amides is 1. The highest BCUT2D eigenvalue weighted by atomic mass is 32.1. The minimum absolute atomic E-state index is 0.175. The van der Waals surface area contributed by atoms with Gasteiger partial charge in [-0.1, -0.05) is 18.2 Å². The maximum atomic E-state index is 12.5. The first-order chi connectivity index (χ1) is 13.9. The Kier molecular flexibility index (Phi) is 6.23. The molecule has 0 unspecified atom stereocenters. The van der Waals surface area contributed by atoms with Crippen LogP contribution in [0.15, 0.2) is 36.4 Å². The lowest BCUT2D eigenvalue weighted by atomic mass is 10.0. The largest absolute Gasteiger partial charge is 0.462 e. The molecule has 2 heterocycles. The van der Waals surface area contributed by atoms with E-state index in [0.29, 0.717) is 26.7 Å². The molecule has 0 fully saturated rings. The van der Waals surface area contributed by atoms with E-state index in [1.807, 2.05) is 31.2 Å². The van der Waals surface area contributed by atoms with Gasteiger partial charge in [-0.15, -0.1) is 11.3 Å². The zero-order chi connectivity index (χ0) is 21.0. The molecule has 3 aromatic rings. The second kappa shape index (κ2) is 8.83. The van der Waals surface area contributed by atoms with Crippen molar-refractivity contribution in [3.63, 3.8) is 0 Å². The standard InChI is InChI=1S/C21H20N2O5S/c1-4-27-21(26)19-12(2)14-7-5-6-8-15(14)23-16(19)11-28-20(25)17-9-10-18(29-17)22-13(3)24/h5-10H,4,11H2,1-3H3,(H,22,24). The van der Waals surface area contributed by atoms with Crippen molar-refractivity contribution in [2.45, 2.75) is 27.4 Å². The number of hydrogen-bond acceptors (Lipinski definition) is 7. The predicted molar refractivity (Wildman–Crippen MR) is 110 cm³/mol. The van der Waals surface area contributed by atoms with E-state index < -0.39 is 11.9 Å². The molecule has 0 radical (unpaired) electrons. The number of rotatable bonds is 6. The van der Waals surface area contributed by atoms with Gasteiger partial charge in [0, 0.05) is 12.3 Å². The van der Waals surface area contributed by atoms with Crippen LogP contribution in [0.25, 0.3) is 10.9 Å². The summed E-state index contributed by atoms with van der Waals surface area (Å²) in [6.45, 7) is 4.99. The van der Waals surface area contributed by atoms with Crippen molar-refractivity contribution >= 4 is 45.1 Å². The van der Waals surface area contributed by atoms with Crippen molar-refractivity contribution in [1.82, 2.24) is 4.98 Å². The minimum Gasteiger partial charge on any atom is -0.462 e. The van der Waals surface area contributed by atoms with E-state index in [-0.39, 0.29) is 19.1 Å². The quantitative estimate of drug-likeness (QED) is 0.613. The van der Waals surface area contributed by atoms with Gasteiger partial charge in [-0.25, -0.2) is 14.6 Å². The average molecular weight is 412 g/mol. The number of hydrogen-bond donors (Lipinski definition) is 1. The summed E-state index contributed by atoms with van der Waals surface area (Å²) in [5, 5.41) is 4.01. The van der Waals surface area contributed by atoms with Gasteiger partial charge in [0.2, 0.25) is 5.91 Å². The minimum atomic E-state index is -0.561. The highest BCUT2D eigenvalue weighted by molar-refractivity contribution is 7.18. The number of aromatic nitrogens is 1. The van der Waals surface area contributed by atoms with Crippen molar-refractivity contribution < 1.29 is 23.9 Å². The summed E-state index contributed by atoms with van der Waals surface area (Å²) in [7, 11) is 0. The van der Waals surface area contributed by atoms with Gasteiger partial charge in [0.15, 0.2) is 0 Å². The fraction of sp³-hybridized carbons (Fsp3) is 0.238. The van der Waals surface area contributed by atoms with Gasteiger partial charge in [0.25, 0.3) is 0 Å². The highest BCUT2D eigenvalue weighted by Gasteiger charge is 2.21. The number of aryl methyl sites for hydroxylation is 1. The predicted octanol–water partition coefficient (Wildman–Crippen LogP) is 4.10. The molecule has 0 aliphatic carbocycles. The molecule has 0 atom stereocenters. The van der Waals surface area contributed by atoms with E-state index in [1.54, 1.807) is 19.1 Å². The van der Waals surface area contributed by atoms with E-state index in [4.69, 9.17) is 9.47 Å². The molecule has 8 heteroatoms. The fourth-order valence-corrected chi connectivity index (χ4v) is 3.76. The Morgan fingerprint density at radius 2 is 1.83 bits per heavy atom. The number of pyridine rings is 1. The van der Waals surface area contributed by atoms with E-state index in [2.05, 4.69) is 10.3 Å². The first-order valence-corrected chi connectivity index (χ1v) is 9.82. The second-order valence-electron chi connectivity index (χ2n) is 6.22. The Hall–Kier alpha value is -3.26. The summed E-state index contributed by atoms with van der Waals surface area (Å²) in [6.07, 6.45) is 0. The SMILES string of the molecule is CCOC(=O)c1c(COC(=O)c2ccc(NC(C)=O)s2)nc2ccccc2c1C. The van der Waals surface area contributed by atoms with Crippen LogP contribution in [-0.2, 0) is 20.9 Å². The smallest absolute Gasteiger partial charge is 0.348 e. The van der Waals surface area contributed by atoms with E-state index in [0.717, 1.165) is 22.3 Å². The molecule has 1 amide bonds. The van der Waals surface area contributed by atoms with Crippen molar-refractivity contribution in [3.05, 3.63) is 58.1 Å². The number of nitrogens with one attached hydrogen (secondary N) is 1. The molecule has 0 spiro atoms. The van der Waals surface area contributed by atoms with Crippen molar-refractivity contribution in [3.8, 4) is 0 Å². The molecule has 3 rings (SSSR count). The van der Waals surface area contributed by atoms with E-state index in [1.165, 1.54) is 6.92 Å². The molecule has 0 saturated carbocycles. The first kappa shape index (κ1) is 20.5. The summed E-state index contributed by atoms with van der Waals surface area (Å²) in [4.78, 5) is 40.9. The maximum Gasteiger partial charge on any atom is 0.348 e. The molecule has 7 nitrogen and oxygen atoms in total. The highest BCUT2D eigenvalue weighted by Crippen LogP contribution is 2.26. The lowest BCUT2D eigenvalue weighted by Gasteiger charge is -2.14. The van der Waals surface area contributed by atoms with Crippen LogP contribution in [0.1, 0.15) is 45.1 Å².